The number of nitrogens with zero attached hydrogens (tertiary/aromatic N) is 1. The minimum Gasteiger partial charge on any atom is -0.492 e. The summed E-state index contributed by atoms with van der Waals surface area (Å²) in [4.78, 5) is 13.5. The number of carbonyl (C=O) groups is 1. The standard InChI is InChI=1S/C16H23NO3.ClH/c1-12-10-17(11-13(2)20-12)8-9-19-16-6-4-15(5-7-16)14(3)18;/h4-7,12-13H,8-11H2,1-3H3;1H. The van der Waals surface area contributed by atoms with Gasteiger partial charge in [-0.2, -0.15) is 0 Å². The smallest absolute Gasteiger partial charge is 0.159 e. The molecule has 2 atom stereocenters. The highest BCUT2D eigenvalue weighted by atomic mass is 35.5. The van der Waals surface area contributed by atoms with E-state index in [0.29, 0.717) is 12.2 Å². The molecular formula is C16H24ClNO3. The zero-order valence-electron chi connectivity index (χ0n) is 12.9. The molecule has 0 spiro atoms. The lowest BCUT2D eigenvalue weighted by atomic mass is 10.1. The Kier molecular flexibility index (Phi) is 7.15. The van der Waals surface area contributed by atoms with Gasteiger partial charge in [-0.05, 0) is 45.0 Å². The van der Waals surface area contributed by atoms with Crippen molar-refractivity contribution in [2.24, 2.45) is 0 Å². The molecule has 0 N–H and O–H groups in total. The van der Waals surface area contributed by atoms with Gasteiger partial charge < -0.3 is 9.47 Å². The molecule has 2 rings (SSSR count). The van der Waals surface area contributed by atoms with Crippen molar-refractivity contribution in [2.75, 3.05) is 26.2 Å². The predicted molar refractivity (Wildman–Crippen MR) is 85.6 cm³/mol. The summed E-state index contributed by atoms with van der Waals surface area (Å²) in [6, 6.07) is 7.30. The van der Waals surface area contributed by atoms with Crippen LogP contribution in [0.15, 0.2) is 24.3 Å². The van der Waals surface area contributed by atoms with Crippen LogP contribution in [0.4, 0.5) is 0 Å². The zero-order chi connectivity index (χ0) is 14.5. The Hall–Kier alpha value is -1.10. The van der Waals surface area contributed by atoms with Crippen LogP contribution in [0.5, 0.6) is 5.75 Å². The molecule has 1 heterocycles. The Morgan fingerprint density at radius 2 is 1.81 bits per heavy atom. The molecule has 4 nitrogen and oxygen atoms in total. The molecule has 21 heavy (non-hydrogen) atoms. The summed E-state index contributed by atoms with van der Waals surface area (Å²) in [6.07, 6.45) is 0.571. The third-order valence-corrected chi connectivity index (χ3v) is 3.43. The molecule has 2 unspecified atom stereocenters. The van der Waals surface area contributed by atoms with Gasteiger partial charge in [-0.25, -0.2) is 0 Å². The van der Waals surface area contributed by atoms with Crippen molar-refractivity contribution in [3.63, 3.8) is 0 Å². The normalized spacial score (nSPS) is 22.4. The van der Waals surface area contributed by atoms with Crippen molar-refractivity contribution in [2.45, 2.75) is 33.0 Å². The number of benzene rings is 1. The second-order valence-electron chi connectivity index (χ2n) is 5.45. The minimum atomic E-state index is 0. The van der Waals surface area contributed by atoms with E-state index in [9.17, 15) is 4.79 Å². The number of ether oxygens (including phenoxy) is 2. The Morgan fingerprint density at radius 1 is 1.24 bits per heavy atom. The van der Waals surface area contributed by atoms with Gasteiger partial charge in [-0.3, -0.25) is 9.69 Å². The van der Waals surface area contributed by atoms with Gasteiger partial charge >= 0.3 is 0 Å². The Balaban J connectivity index is 0.00000220. The molecule has 0 aromatic heterocycles. The van der Waals surface area contributed by atoms with E-state index < -0.39 is 0 Å². The number of hydrogen-bond donors (Lipinski definition) is 0. The van der Waals surface area contributed by atoms with E-state index in [-0.39, 0.29) is 30.4 Å². The summed E-state index contributed by atoms with van der Waals surface area (Å²) < 4.78 is 11.4. The lowest BCUT2D eigenvalue weighted by molar-refractivity contribution is -0.0699. The van der Waals surface area contributed by atoms with Crippen molar-refractivity contribution in [3.05, 3.63) is 29.8 Å². The van der Waals surface area contributed by atoms with E-state index in [0.717, 1.165) is 25.4 Å². The molecule has 0 radical (unpaired) electrons. The van der Waals surface area contributed by atoms with Crippen molar-refractivity contribution >= 4 is 18.2 Å². The van der Waals surface area contributed by atoms with Crippen molar-refractivity contribution in [3.8, 4) is 5.75 Å². The quantitative estimate of drug-likeness (QED) is 0.784. The number of ketones is 1. The van der Waals surface area contributed by atoms with E-state index in [1.165, 1.54) is 0 Å². The average molecular weight is 314 g/mol. The Labute approximate surface area is 132 Å². The summed E-state index contributed by atoms with van der Waals surface area (Å²) in [6.45, 7) is 9.23. The maximum absolute atomic E-state index is 11.2. The van der Waals surface area contributed by atoms with Crippen LogP contribution < -0.4 is 4.74 Å². The third-order valence-electron chi connectivity index (χ3n) is 3.43. The molecule has 1 aromatic carbocycles. The number of Topliss-reactive ketones (excluding diaryl/α,β-unsaturated/α-hetero) is 1. The second-order valence-corrected chi connectivity index (χ2v) is 5.45. The summed E-state index contributed by atoms with van der Waals surface area (Å²) >= 11 is 0. The van der Waals surface area contributed by atoms with Gasteiger partial charge in [0.15, 0.2) is 5.78 Å². The van der Waals surface area contributed by atoms with Crippen LogP contribution in [-0.4, -0.2) is 49.1 Å². The second kappa shape index (κ2) is 8.37. The van der Waals surface area contributed by atoms with Gasteiger partial charge in [-0.15, -0.1) is 12.4 Å². The van der Waals surface area contributed by atoms with Crippen molar-refractivity contribution < 1.29 is 14.3 Å². The van der Waals surface area contributed by atoms with Gasteiger partial charge in [0.25, 0.3) is 0 Å². The zero-order valence-corrected chi connectivity index (χ0v) is 13.7. The van der Waals surface area contributed by atoms with Crippen LogP contribution in [0.2, 0.25) is 0 Å². The fourth-order valence-corrected chi connectivity index (χ4v) is 2.55. The molecule has 0 amide bonds. The first-order valence-corrected chi connectivity index (χ1v) is 7.16. The summed E-state index contributed by atoms with van der Waals surface area (Å²) in [7, 11) is 0. The fourth-order valence-electron chi connectivity index (χ4n) is 2.55. The first-order chi connectivity index (χ1) is 9.54. The molecule has 1 aromatic rings. The molecule has 118 valence electrons. The number of hydrogen-bond acceptors (Lipinski definition) is 4. The Morgan fingerprint density at radius 3 is 2.33 bits per heavy atom. The van der Waals surface area contributed by atoms with Gasteiger partial charge in [0.05, 0.1) is 12.2 Å². The lowest BCUT2D eigenvalue weighted by Crippen LogP contribution is -2.46. The molecule has 5 heteroatoms. The van der Waals surface area contributed by atoms with E-state index in [4.69, 9.17) is 9.47 Å². The molecule has 0 bridgehead atoms. The van der Waals surface area contributed by atoms with E-state index in [1.54, 1.807) is 19.1 Å². The SMILES string of the molecule is CC(=O)c1ccc(OCCN2CC(C)OC(C)C2)cc1.Cl. The molecule has 1 saturated heterocycles. The van der Waals surface area contributed by atoms with E-state index >= 15 is 0 Å². The van der Waals surface area contributed by atoms with Gasteiger partial charge in [-0.1, -0.05) is 0 Å². The van der Waals surface area contributed by atoms with Crippen LogP contribution >= 0.6 is 12.4 Å². The number of carbonyl (C=O) groups excluding carboxylic acids is 1. The topological polar surface area (TPSA) is 38.8 Å². The molecule has 0 aliphatic carbocycles. The summed E-state index contributed by atoms with van der Waals surface area (Å²) in [5.41, 5.74) is 0.716. The largest absolute Gasteiger partial charge is 0.492 e. The summed E-state index contributed by atoms with van der Waals surface area (Å²) in [5, 5.41) is 0. The average Bonchev–Trinajstić information content (AvgIpc) is 2.38. The van der Waals surface area contributed by atoms with Crippen molar-refractivity contribution in [1.82, 2.24) is 4.90 Å². The van der Waals surface area contributed by atoms with Crippen LogP contribution in [0.1, 0.15) is 31.1 Å². The van der Waals surface area contributed by atoms with Gasteiger partial charge in [0.2, 0.25) is 0 Å². The van der Waals surface area contributed by atoms with Gasteiger partial charge in [0.1, 0.15) is 12.4 Å². The molecule has 0 saturated carbocycles. The number of rotatable bonds is 5. The highest BCUT2D eigenvalue weighted by Crippen LogP contribution is 2.14. The van der Waals surface area contributed by atoms with E-state index in [1.807, 2.05) is 12.1 Å². The number of morpholine rings is 1. The van der Waals surface area contributed by atoms with Crippen LogP contribution in [0.25, 0.3) is 0 Å². The van der Waals surface area contributed by atoms with E-state index in [2.05, 4.69) is 18.7 Å². The van der Waals surface area contributed by atoms with Crippen LogP contribution in [-0.2, 0) is 4.74 Å². The van der Waals surface area contributed by atoms with Gasteiger partial charge in [0, 0.05) is 25.2 Å². The molecule has 1 fully saturated rings. The third kappa shape index (κ3) is 5.65. The maximum Gasteiger partial charge on any atom is 0.159 e. The lowest BCUT2D eigenvalue weighted by Gasteiger charge is -2.35. The minimum absolute atomic E-state index is 0. The summed E-state index contributed by atoms with van der Waals surface area (Å²) in [5.74, 6) is 0.886. The maximum atomic E-state index is 11.2. The Bertz CT molecular complexity index is 439. The van der Waals surface area contributed by atoms with Crippen molar-refractivity contribution in [1.29, 1.82) is 0 Å². The number of halogens is 1. The van der Waals surface area contributed by atoms with Crippen LogP contribution in [0, 0.1) is 0 Å². The first kappa shape index (κ1) is 18.0. The highest BCUT2D eigenvalue weighted by Gasteiger charge is 2.21. The molecule has 1 aliphatic heterocycles. The monoisotopic (exact) mass is 313 g/mol. The predicted octanol–water partition coefficient (Wildman–Crippen LogP) is 2.80. The molecule has 1 aliphatic rings. The first-order valence-electron chi connectivity index (χ1n) is 7.16. The van der Waals surface area contributed by atoms with Crippen LogP contribution in [0.3, 0.4) is 0 Å². The fraction of sp³-hybridized carbons (Fsp3) is 0.562. The molecular weight excluding hydrogens is 290 g/mol. The highest BCUT2D eigenvalue weighted by molar-refractivity contribution is 5.94.